The zero-order valence-electron chi connectivity index (χ0n) is 9.72. The number of aromatic nitrogens is 1. The van der Waals surface area contributed by atoms with E-state index >= 15 is 0 Å². The predicted molar refractivity (Wildman–Crippen MR) is 71.1 cm³/mol. The lowest BCUT2D eigenvalue weighted by atomic mass is 10.1. The van der Waals surface area contributed by atoms with Crippen LogP contribution in [0.3, 0.4) is 0 Å². The number of pyridine rings is 1. The molecule has 2 rings (SSSR count). The summed E-state index contributed by atoms with van der Waals surface area (Å²) in [5, 5.41) is 0.696. The van der Waals surface area contributed by atoms with Gasteiger partial charge in [-0.25, -0.2) is 4.98 Å². The second kappa shape index (κ2) is 5.55. The molecular weight excluding hydrogens is 218 g/mol. The smallest absolute Gasteiger partial charge is 0.131 e. The van der Waals surface area contributed by atoms with Crippen LogP contribution in [0.4, 0.5) is 5.82 Å². The fourth-order valence-electron chi connectivity index (χ4n) is 2.08. The average molecular weight is 237 g/mol. The van der Waals surface area contributed by atoms with Gasteiger partial charge in [-0.1, -0.05) is 13.0 Å². The van der Waals surface area contributed by atoms with Gasteiger partial charge in [-0.15, -0.1) is 0 Å². The summed E-state index contributed by atoms with van der Waals surface area (Å²) >= 11 is 2.04. The third-order valence-corrected chi connectivity index (χ3v) is 3.96. The second-order valence-electron chi connectivity index (χ2n) is 4.15. The van der Waals surface area contributed by atoms with Crippen LogP contribution in [0.1, 0.15) is 12.5 Å². The van der Waals surface area contributed by atoms with Crippen LogP contribution in [0.25, 0.3) is 0 Å². The third kappa shape index (κ3) is 2.68. The van der Waals surface area contributed by atoms with Gasteiger partial charge in [0.25, 0.3) is 0 Å². The number of nitrogens with two attached hydrogens (primary N) is 1. The number of thioether (sulfide) groups is 1. The lowest BCUT2D eigenvalue weighted by Crippen LogP contribution is -2.37. The van der Waals surface area contributed by atoms with E-state index in [9.17, 15) is 0 Å². The maximum atomic E-state index is 5.64. The van der Waals surface area contributed by atoms with E-state index in [0.717, 1.165) is 25.3 Å². The van der Waals surface area contributed by atoms with Crippen molar-refractivity contribution < 1.29 is 0 Å². The number of hydrogen-bond donors (Lipinski definition) is 1. The summed E-state index contributed by atoms with van der Waals surface area (Å²) in [7, 11) is 0. The third-order valence-electron chi connectivity index (χ3n) is 2.82. The second-order valence-corrected chi connectivity index (χ2v) is 5.70. The van der Waals surface area contributed by atoms with Crippen LogP contribution in [-0.2, 0) is 6.42 Å². The molecule has 16 heavy (non-hydrogen) atoms. The first-order chi connectivity index (χ1) is 7.81. The molecule has 2 heterocycles. The van der Waals surface area contributed by atoms with E-state index in [2.05, 4.69) is 22.9 Å². The molecule has 1 aromatic rings. The molecule has 1 aliphatic heterocycles. The summed E-state index contributed by atoms with van der Waals surface area (Å²) in [6.07, 6.45) is 2.79. The van der Waals surface area contributed by atoms with Crippen LogP contribution >= 0.6 is 11.8 Å². The lowest BCUT2D eigenvalue weighted by molar-refractivity contribution is 0.761. The van der Waals surface area contributed by atoms with Crippen molar-refractivity contribution in [3.8, 4) is 0 Å². The number of anilines is 1. The molecule has 88 valence electrons. The van der Waals surface area contributed by atoms with E-state index in [1.54, 1.807) is 0 Å². The van der Waals surface area contributed by atoms with Crippen molar-refractivity contribution in [3.05, 3.63) is 23.9 Å². The largest absolute Gasteiger partial charge is 0.354 e. The SMILES string of the molecule is CC1CN(c2ncccc2CCN)CCS1. The Hall–Kier alpha value is -0.740. The standard InChI is InChI=1S/C12H19N3S/c1-10-9-15(7-8-16-10)12-11(4-5-13)3-2-6-14-12/h2-3,6,10H,4-5,7-9,13H2,1H3. The van der Waals surface area contributed by atoms with Crippen molar-refractivity contribution in [2.24, 2.45) is 5.73 Å². The zero-order chi connectivity index (χ0) is 11.4. The fourth-order valence-corrected chi connectivity index (χ4v) is 3.09. The van der Waals surface area contributed by atoms with Crippen molar-refractivity contribution in [1.82, 2.24) is 4.98 Å². The highest BCUT2D eigenvalue weighted by Gasteiger charge is 2.19. The van der Waals surface area contributed by atoms with Gasteiger partial charge in [0.05, 0.1) is 0 Å². The van der Waals surface area contributed by atoms with Crippen LogP contribution < -0.4 is 10.6 Å². The minimum Gasteiger partial charge on any atom is -0.354 e. The van der Waals surface area contributed by atoms with Crippen LogP contribution in [0.2, 0.25) is 0 Å². The summed E-state index contributed by atoms with van der Waals surface area (Å²) in [5.41, 5.74) is 6.92. The van der Waals surface area contributed by atoms with Gasteiger partial charge in [0, 0.05) is 30.3 Å². The molecule has 0 aromatic carbocycles. The molecule has 0 aliphatic carbocycles. The number of hydrogen-bond acceptors (Lipinski definition) is 4. The Labute approximate surface area is 101 Å². The molecule has 4 heteroatoms. The summed E-state index contributed by atoms with van der Waals surface area (Å²) in [4.78, 5) is 6.91. The summed E-state index contributed by atoms with van der Waals surface area (Å²) < 4.78 is 0. The quantitative estimate of drug-likeness (QED) is 0.865. The normalized spacial score (nSPS) is 21.1. The zero-order valence-corrected chi connectivity index (χ0v) is 10.5. The van der Waals surface area contributed by atoms with Gasteiger partial charge in [-0.05, 0) is 24.6 Å². The highest BCUT2D eigenvalue weighted by Crippen LogP contribution is 2.24. The molecule has 0 bridgehead atoms. The maximum absolute atomic E-state index is 5.64. The van der Waals surface area contributed by atoms with Gasteiger partial charge >= 0.3 is 0 Å². The van der Waals surface area contributed by atoms with Crippen molar-refractivity contribution in [2.45, 2.75) is 18.6 Å². The Morgan fingerprint density at radius 3 is 3.25 bits per heavy atom. The molecular formula is C12H19N3S. The van der Waals surface area contributed by atoms with Gasteiger partial charge in [-0.3, -0.25) is 0 Å². The Kier molecular flexibility index (Phi) is 4.07. The predicted octanol–water partition coefficient (Wildman–Crippen LogP) is 1.52. The van der Waals surface area contributed by atoms with Crippen molar-refractivity contribution in [3.63, 3.8) is 0 Å². The van der Waals surface area contributed by atoms with Crippen molar-refractivity contribution >= 4 is 17.6 Å². The molecule has 0 saturated carbocycles. The molecule has 0 radical (unpaired) electrons. The monoisotopic (exact) mass is 237 g/mol. The molecule has 1 saturated heterocycles. The number of nitrogens with zero attached hydrogens (tertiary/aromatic N) is 2. The van der Waals surface area contributed by atoms with Crippen molar-refractivity contribution in [2.75, 3.05) is 30.3 Å². The van der Waals surface area contributed by atoms with Crippen LogP contribution in [0, 0.1) is 0 Å². The Morgan fingerprint density at radius 2 is 2.50 bits per heavy atom. The van der Waals surface area contributed by atoms with E-state index in [0.29, 0.717) is 11.8 Å². The maximum Gasteiger partial charge on any atom is 0.131 e. The van der Waals surface area contributed by atoms with E-state index in [4.69, 9.17) is 5.73 Å². The molecule has 0 amide bonds. The number of rotatable bonds is 3. The van der Waals surface area contributed by atoms with E-state index in [1.807, 2.05) is 24.0 Å². The Morgan fingerprint density at radius 1 is 1.62 bits per heavy atom. The lowest BCUT2D eigenvalue weighted by Gasteiger charge is -2.32. The first kappa shape index (κ1) is 11.7. The van der Waals surface area contributed by atoms with Gasteiger partial charge in [-0.2, -0.15) is 11.8 Å². The Bertz CT molecular complexity index is 343. The molecule has 2 N–H and O–H groups in total. The molecule has 1 unspecified atom stereocenters. The molecule has 1 atom stereocenters. The molecule has 1 fully saturated rings. The van der Waals surface area contributed by atoms with Crippen LogP contribution in [0.15, 0.2) is 18.3 Å². The van der Waals surface area contributed by atoms with Crippen molar-refractivity contribution in [1.29, 1.82) is 0 Å². The fraction of sp³-hybridized carbons (Fsp3) is 0.583. The first-order valence-electron chi connectivity index (χ1n) is 5.81. The highest BCUT2D eigenvalue weighted by atomic mass is 32.2. The summed E-state index contributed by atoms with van der Waals surface area (Å²) in [5.74, 6) is 2.33. The average Bonchev–Trinajstić information content (AvgIpc) is 2.30. The minimum atomic E-state index is 0.691. The van der Waals surface area contributed by atoms with E-state index < -0.39 is 0 Å². The Balaban J connectivity index is 2.17. The first-order valence-corrected chi connectivity index (χ1v) is 6.86. The van der Waals surface area contributed by atoms with Crippen LogP contribution in [-0.4, -0.2) is 35.6 Å². The molecule has 0 spiro atoms. The summed E-state index contributed by atoms with van der Waals surface area (Å²) in [6, 6.07) is 4.14. The van der Waals surface area contributed by atoms with E-state index in [1.165, 1.54) is 11.3 Å². The van der Waals surface area contributed by atoms with Gasteiger partial charge in [0.2, 0.25) is 0 Å². The molecule has 3 nitrogen and oxygen atoms in total. The highest BCUT2D eigenvalue weighted by molar-refractivity contribution is 8.00. The van der Waals surface area contributed by atoms with Crippen LogP contribution in [0.5, 0.6) is 0 Å². The summed E-state index contributed by atoms with van der Waals surface area (Å²) in [6.45, 7) is 5.17. The van der Waals surface area contributed by atoms with Gasteiger partial charge in [0.1, 0.15) is 5.82 Å². The van der Waals surface area contributed by atoms with Gasteiger partial charge in [0.15, 0.2) is 0 Å². The van der Waals surface area contributed by atoms with E-state index in [-0.39, 0.29) is 0 Å². The molecule has 1 aliphatic rings. The minimum absolute atomic E-state index is 0.691. The molecule has 1 aromatic heterocycles. The topological polar surface area (TPSA) is 42.2 Å². The van der Waals surface area contributed by atoms with Gasteiger partial charge < -0.3 is 10.6 Å².